The highest BCUT2D eigenvalue weighted by Crippen LogP contribution is 2.50. The summed E-state index contributed by atoms with van der Waals surface area (Å²) in [7, 11) is 0. The predicted molar refractivity (Wildman–Crippen MR) is 81.9 cm³/mol. The zero-order chi connectivity index (χ0) is 12.9. The van der Waals surface area contributed by atoms with E-state index in [2.05, 4.69) is 10.2 Å². The zero-order valence-corrected chi connectivity index (χ0v) is 13.1. The SMILES string of the molecule is Cl.O=C(CC1CC2CCC1C2)N1CCC2(CCNC2)C1. The predicted octanol–water partition coefficient (Wildman–Crippen LogP) is 2.45. The van der Waals surface area contributed by atoms with Gasteiger partial charge in [-0.25, -0.2) is 0 Å². The molecule has 1 N–H and O–H groups in total. The molecule has 4 heteroatoms. The van der Waals surface area contributed by atoms with Crippen molar-refractivity contribution in [1.29, 1.82) is 0 Å². The van der Waals surface area contributed by atoms with E-state index in [0.717, 1.165) is 50.4 Å². The van der Waals surface area contributed by atoms with Gasteiger partial charge in [-0.15, -0.1) is 12.4 Å². The second kappa shape index (κ2) is 5.49. The van der Waals surface area contributed by atoms with Gasteiger partial charge in [-0.05, 0) is 56.4 Å². The van der Waals surface area contributed by atoms with Crippen molar-refractivity contribution < 1.29 is 4.79 Å². The summed E-state index contributed by atoms with van der Waals surface area (Å²) in [5, 5.41) is 3.47. The average Bonchev–Trinajstić information content (AvgIpc) is 3.16. The van der Waals surface area contributed by atoms with Crippen LogP contribution in [0.1, 0.15) is 44.9 Å². The molecule has 3 nitrogen and oxygen atoms in total. The normalized spacial score (nSPS) is 42.4. The van der Waals surface area contributed by atoms with Crippen LogP contribution in [0.2, 0.25) is 0 Å². The van der Waals surface area contributed by atoms with Crippen LogP contribution < -0.4 is 5.32 Å². The summed E-state index contributed by atoms with van der Waals surface area (Å²) in [5.41, 5.74) is 0.435. The number of nitrogens with zero attached hydrogens (tertiary/aromatic N) is 1. The maximum absolute atomic E-state index is 12.5. The first-order valence-electron chi connectivity index (χ1n) is 8.23. The van der Waals surface area contributed by atoms with E-state index in [1.54, 1.807) is 0 Å². The van der Waals surface area contributed by atoms with Gasteiger partial charge in [0.2, 0.25) is 5.91 Å². The van der Waals surface area contributed by atoms with Gasteiger partial charge in [0, 0.05) is 31.5 Å². The summed E-state index contributed by atoms with van der Waals surface area (Å²) in [6, 6.07) is 0. The Balaban J connectivity index is 0.00000121. The van der Waals surface area contributed by atoms with Crippen LogP contribution in [0.5, 0.6) is 0 Å². The zero-order valence-electron chi connectivity index (χ0n) is 12.3. The number of carbonyl (C=O) groups is 1. The standard InChI is InChI=1S/C16H26N2O.ClH/c19-15(9-14-8-12-1-2-13(14)7-12)18-6-4-16(11-18)3-5-17-10-16;/h12-14,17H,1-11H2;1H. The van der Waals surface area contributed by atoms with Crippen molar-refractivity contribution in [2.75, 3.05) is 26.2 Å². The molecule has 2 saturated heterocycles. The highest BCUT2D eigenvalue weighted by atomic mass is 35.5. The van der Waals surface area contributed by atoms with Crippen LogP contribution in [0.3, 0.4) is 0 Å². The minimum Gasteiger partial charge on any atom is -0.342 e. The first-order chi connectivity index (χ1) is 9.24. The van der Waals surface area contributed by atoms with Crippen molar-refractivity contribution in [2.24, 2.45) is 23.2 Å². The largest absolute Gasteiger partial charge is 0.342 e. The molecule has 4 aliphatic rings. The molecule has 0 aromatic rings. The van der Waals surface area contributed by atoms with Crippen molar-refractivity contribution in [2.45, 2.75) is 44.9 Å². The summed E-state index contributed by atoms with van der Waals surface area (Å²) in [6.45, 7) is 4.32. The van der Waals surface area contributed by atoms with Crippen molar-refractivity contribution in [3.05, 3.63) is 0 Å². The molecule has 4 unspecified atom stereocenters. The summed E-state index contributed by atoms with van der Waals surface area (Å²) < 4.78 is 0. The fraction of sp³-hybridized carbons (Fsp3) is 0.938. The molecule has 0 aromatic carbocycles. The maximum atomic E-state index is 12.5. The first kappa shape index (κ1) is 14.6. The summed E-state index contributed by atoms with van der Waals surface area (Å²) >= 11 is 0. The fourth-order valence-corrected chi connectivity index (χ4v) is 5.27. The molecule has 0 aromatic heterocycles. The molecule has 4 fully saturated rings. The van der Waals surface area contributed by atoms with E-state index in [1.807, 2.05) is 0 Å². The topological polar surface area (TPSA) is 32.3 Å². The van der Waals surface area contributed by atoms with Crippen molar-refractivity contribution in [3.8, 4) is 0 Å². The molecular formula is C16H27ClN2O. The minimum atomic E-state index is 0. The molecule has 4 atom stereocenters. The van der Waals surface area contributed by atoms with Gasteiger partial charge in [0.1, 0.15) is 0 Å². The maximum Gasteiger partial charge on any atom is 0.222 e. The van der Waals surface area contributed by atoms with E-state index in [9.17, 15) is 4.79 Å². The number of hydrogen-bond acceptors (Lipinski definition) is 2. The quantitative estimate of drug-likeness (QED) is 0.849. The van der Waals surface area contributed by atoms with E-state index >= 15 is 0 Å². The van der Waals surface area contributed by atoms with Crippen molar-refractivity contribution in [3.63, 3.8) is 0 Å². The molecule has 2 heterocycles. The van der Waals surface area contributed by atoms with Gasteiger partial charge >= 0.3 is 0 Å². The monoisotopic (exact) mass is 298 g/mol. The lowest BCUT2D eigenvalue weighted by Gasteiger charge is -2.26. The van der Waals surface area contributed by atoms with Crippen LogP contribution in [0, 0.1) is 23.2 Å². The third-order valence-corrected chi connectivity index (χ3v) is 6.44. The van der Waals surface area contributed by atoms with Gasteiger partial charge in [0.05, 0.1) is 0 Å². The first-order valence-corrected chi connectivity index (χ1v) is 8.23. The summed E-state index contributed by atoms with van der Waals surface area (Å²) in [5.74, 6) is 3.04. The molecule has 1 spiro atoms. The van der Waals surface area contributed by atoms with Gasteiger partial charge in [-0.2, -0.15) is 0 Å². The van der Waals surface area contributed by atoms with Crippen LogP contribution in [0.15, 0.2) is 0 Å². The number of nitrogens with one attached hydrogen (secondary N) is 1. The van der Waals surface area contributed by atoms with Crippen molar-refractivity contribution >= 4 is 18.3 Å². The minimum absolute atomic E-state index is 0. The average molecular weight is 299 g/mol. The van der Waals surface area contributed by atoms with Crippen molar-refractivity contribution in [1.82, 2.24) is 10.2 Å². The van der Waals surface area contributed by atoms with Gasteiger partial charge in [0.15, 0.2) is 0 Å². The number of carbonyl (C=O) groups excluding carboxylic acids is 1. The summed E-state index contributed by atoms with van der Waals surface area (Å²) in [4.78, 5) is 14.7. The molecule has 2 aliphatic heterocycles. The van der Waals surface area contributed by atoms with Crippen LogP contribution >= 0.6 is 12.4 Å². The van der Waals surface area contributed by atoms with Gasteiger partial charge in [0.25, 0.3) is 0 Å². The second-order valence-electron chi connectivity index (χ2n) is 7.63. The fourth-order valence-electron chi connectivity index (χ4n) is 5.27. The van der Waals surface area contributed by atoms with E-state index in [4.69, 9.17) is 0 Å². The Kier molecular flexibility index (Phi) is 4.02. The highest BCUT2D eigenvalue weighted by molar-refractivity contribution is 5.85. The third kappa shape index (κ3) is 2.48. The number of hydrogen-bond donors (Lipinski definition) is 1. The number of amides is 1. The van der Waals surface area contributed by atoms with E-state index < -0.39 is 0 Å². The van der Waals surface area contributed by atoms with Crippen LogP contribution in [0.25, 0.3) is 0 Å². The lowest BCUT2D eigenvalue weighted by molar-refractivity contribution is -0.131. The summed E-state index contributed by atoms with van der Waals surface area (Å²) in [6.07, 6.45) is 8.95. The second-order valence-corrected chi connectivity index (χ2v) is 7.63. The number of halogens is 1. The Morgan fingerprint density at radius 2 is 2.15 bits per heavy atom. The molecular weight excluding hydrogens is 272 g/mol. The Morgan fingerprint density at radius 3 is 2.80 bits per heavy atom. The van der Waals surface area contributed by atoms with Gasteiger partial charge in [-0.3, -0.25) is 4.79 Å². The molecule has 20 heavy (non-hydrogen) atoms. The van der Waals surface area contributed by atoms with Crippen LogP contribution in [0.4, 0.5) is 0 Å². The van der Waals surface area contributed by atoms with Gasteiger partial charge < -0.3 is 10.2 Å². The number of rotatable bonds is 2. The molecule has 2 saturated carbocycles. The molecule has 2 aliphatic carbocycles. The molecule has 114 valence electrons. The van der Waals surface area contributed by atoms with Crippen LogP contribution in [-0.4, -0.2) is 37.0 Å². The lowest BCUT2D eigenvalue weighted by atomic mass is 9.85. The van der Waals surface area contributed by atoms with E-state index in [0.29, 0.717) is 11.3 Å². The van der Waals surface area contributed by atoms with E-state index in [1.165, 1.54) is 38.5 Å². The highest BCUT2D eigenvalue weighted by Gasteiger charge is 2.44. The smallest absolute Gasteiger partial charge is 0.222 e. The molecule has 4 rings (SSSR count). The molecule has 1 amide bonds. The van der Waals surface area contributed by atoms with Crippen LogP contribution in [-0.2, 0) is 4.79 Å². The molecule has 0 radical (unpaired) electrons. The van der Waals surface area contributed by atoms with Gasteiger partial charge in [-0.1, -0.05) is 6.42 Å². The third-order valence-electron chi connectivity index (χ3n) is 6.44. The van der Waals surface area contributed by atoms with E-state index in [-0.39, 0.29) is 12.4 Å². The molecule has 2 bridgehead atoms. The Morgan fingerprint density at radius 1 is 1.25 bits per heavy atom. The number of fused-ring (bicyclic) bond motifs is 2. The number of likely N-dealkylation sites (tertiary alicyclic amines) is 1. The lowest BCUT2D eigenvalue weighted by Crippen LogP contribution is -2.34. The Bertz CT molecular complexity index is 381. The Hall–Kier alpha value is -0.280. The Labute approximate surface area is 128 Å².